The Morgan fingerprint density at radius 1 is 0.882 bits per heavy atom. The first-order valence-electron chi connectivity index (χ1n) is 5.88. The van der Waals surface area contributed by atoms with Crippen LogP contribution in [-0.2, 0) is 5.41 Å². The highest BCUT2D eigenvalue weighted by Crippen LogP contribution is 2.38. The summed E-state index contributed by atoms with van der Waals surface area (Å²) in [5.41, 5.74) is 3.16. The van der Waals surface area contributed by atoms with Gasteiger partial charge in [-0.05, 0) is 24.1 Å². The molecule has 2 aromatic rings. The average Bonchev–Trinajstić information content (AvgIpc) is 2.29. The summed E-state index contributed by atoms with van der Waals surface area (Å²) in [5, 5.41) is 10.1. The van der Waals surface area contributed by atoms with Crippen LogP contribution in [0.1, 0.15) is 30.5 Å². The molecule has 0 heterocycles. The van der Waals surface area contributed by atoms with E-state index in [9.17, 15) is 5.11 Å². The fourth-order valence-electron chi connectivity index (χ4n) is 2.46. The number of hydrogen-bond donors (Lipinski definition) is 1. The van der Waals surface area contributed by atoms with Gasteiger partial charge in [0, 0.05) is 11.0 Å². The predicted octanol–water partition coefficient (Wildman–Crippen LogP) is 4.03. The predicted molar refractivity (Wildman–Crippen MR) is 71.4 cm³/mol. The van der Waals surface area contributed by atoms with Crippen LogP contribution in [0, 0.1) is 6.92 Å². The van der Waals surface area contributed by atoms with Crippen molar-refractivity contribution < 1.29 is 5.11 Å². The second kappa shape index (κ2) is 4.25. The van der Waals surface area contributed by atoms with Gasteiger partial charge >= 0.3 is 0 Å². The SMILES string of the molecule is Cc1cccc(O)c1C(C)(C)c1ccccc1. The smallest absolute Gasteiger partial charge is 0.119 e. The van der Waals surface area contributed by atoms with E-state index in [-0.39, 0.29) is 5.41 Å². The van der Waals surface area contributed by atoms with Gasteiger partial charge in [-0.25, -0.2) is 0 Å². The lowest BCUT2D eigenvalue weighted by molar-refractivity contribution is 0.452. The highest BCUT2D eigenvalue weighted by atomic mass is 16.3. The van der Waals surface area contributed by atoms with Gasteiger partial charge in [0.15, 0.2) is 0 Å². The van der Waals surface area contributed by atoms with Crippen molar-refractivity contribution in [1.82, 2.24) is 0 Å². The lowest BCUT2D eigenvalue weighted by atomic mass is 9.76. The number of benzene rings is 2. The standard InChI is InChI=1S/C16H18O/c1-12-8-7-11-14(17)15(12)16(2,3)13-9-5-4-6-10-13/h4-11,17H,1-3H3. The van der Waals surface area contributed by atoms with Crippen LogP contribution in [0.25, 0.3) is 0 Å². The number of rotatable bonds is 2. The molecule has 0 bridgehead atoms. The second-order valence-electron chi connectivity index (χ2n) is 4.96. The summed E-state index contributed by atoms with van der Waals surface area (Å²) in [6, 6.07) is 16.0. The van der Waals surface area contributed by atoms with Crippen LogP contribution in [0.15, 0.2) is 48.5 Å². The summed E-state index contributed by atoms with van der Waals surface area (Å²) in [4.78, 5) is 0. The normalized spacial score (nSPS) is 11.5. The number of phenols is 1. The molecule has 0 aliphatic carbocycles. The molecule has 0 fully saturated rings. The third kappa shape index (κ3) is 2.05. The van der Waals surface area contributed by atoms with Crippen LogP contribution in [0.3, 0.4) is 0 Å². The number of aryl methyl sites for hydroxylation is 1. The molecule has 1 nitrogen and oxygen atoms in total. The Hall–Kier alpha value is -1.76. The molecule has 0 atom stereocenters. The van der Waals surface area contributed by atoms with Crippen molar-refractivity contribution in [3.8, 4) is 5.75 Å². The maximum atomic E-state index is 10.1. The topological polar surface area (TPSA) is 20.2 Å². The fourth-order valence-corrected chi connectivity index (χ4v) is 2.46. The summed E-state index contributed by atoms with van der Waals surface area (Å²) in [6.45, 7) is 6.33. The summed E-state index contributed by atoms with van der Waals surface area (Å²) >= 11 is 0. The molecular weight excluding hydrogens is 208 g/mol. The van der Waals surface area contributed by atoms with E-state index in [0.717, 1.165) is 11.1 Å². The van der Waals surface area contributed by atoms with E-state index < -0.39 is 0 Å². The Bertz CT molecular complexity index is 492. The second-order valence-corrected chi connectivity index (χ2v) is 4.96. The molecule has 2 rings (SSSR count). The first kappa shape index (κ1) is 11.7. The van der Waals surface area contributed by atoms with E-state index in [1.165, 1.54) is 5.56 Å². The zero-order valence-corrected chi connectivity index (χ0v) is 10.6. The molecule has 0 saturated heterocycles. The minimum absolute atomic E-state index is 0.184. The van der Waals surface area contributed by atoms with E-state index >= 15 is 0 Å². The fraction of sp³-hybridized carbons (Fsp3) is 0.250. The highest BCUT2D eigenvalue weighted by Gasteiger charge is 2.27. The van der Waals surface area contributed by atoms with Gasteiger partial charge in [0.25, 0.3) is 0 Å². The maximum Gasteiger partial charge on any atom is 0.119 e. The van der Waals surface area contributed by atoms with Crippen molar-refractivity contribution >= 4 is 0 Å². The molecule has 0 aliphatic heterocycles. The first-order chi connectivity index (χ1) is 8.03. The van der Waals surface area contributed by atoms with Crippen molar-refractivity contribution in [2.45, 2.75) is 26.2 Å². The number of phenolic OH excluding ortho intramolecular Hbond substituents is 1. The van der Waals surface area contributed by atoms with Crippen LogP contribution in [-0.4, -0.2) is 5.11 Å². The van der Waals surface area contributed by atoms with Gasteiger partial charge in [0.2, 0.25) is 0 Å². The Labute approximate surface area is 103 Å². The van der Waals surface area contributed by atoms with Crippen molar-refractivity contribution in [3.63, 3.8) is 0 Å². The Balaban J connectivity index is 2.60. The molecule has 0 amide bonds. The van der Waals surface area contributed by atoms with E-state index in [1.807, 2.05) is 37.3 Å². The first-order valence-corrected chi connectivity index (χ1v) is 5.88. The molecule has 17 heavy (non-hydrogen) atoms. The zero-order valence-electron chi connectivity index (χ0n) is 10.6. The van der Waals surface area contributed by atoms with E-state index in [1.54, 1.807) is 6.07 Å². The van der Waals surface area contributed by atoms with Gasteiger partial charge in [0.05, 0.1) is 0 Å². The molecule has 1 heteroatoms. The molecule has 0 spiro atoms. The maximum absolute atomic E-state index is 10.1. The van der Waals surface area contributed by atoms with Crippen LogP contribution < -0.4 is 0 Å². The molecule has 0 radical (unpaired) electrons. The van der Waals surface area contributed by atoms with Gasteiger partial charge in [0.1, 0.15) is 5.75 Å². The number of aromatic hydroxyl groups is 1. The lowest BCUT2D eigenvalue weighted by Crippen LogP contribution is -2.20. The summed E-state index contributed by atoms with van der Waals surface area (Å²) in [6.07, 6.45) is 0. The third-order valence-electron chi connectivity index (χ3n) is 3.37. The minimum atomic E-state index is -0.184. The van der Waals surface area contributed by atoms with Crippen LogP contribution in [0.4, 0.5) is 0 Å². The van der Waals surface area contributed by atoms with Crippen LogP contribution >= 0.6 is 0 Å². The van der Waals surface area contributed by atoms with Gasteiger partial charge in [-0.1, -0.05) is 56.3 Å². The molecule has 2 aromatic carbocycles. The van der Waals surface area contributed by atoms with Gasteiger partial charge in [-0.15, -0.1) is 0 Å². The monoisotopic (exact) mass is 226 g/mol. The van der Waals surface area contributed by atoms with Gasteiger partial charge in [-0.3, -0.25) is 0 Å². The zero-order chi connectivity index (χ0) is 12.5. The molecule has 1 N–H and O–H groups in total. The van der Waals surface area contributed by atoms with Crippen molar-refractivity contribution in [3.05, 3.63) is 65.2 Å². The molecule has 88 valence electrons. The van der Waals surface area contributed by atoms with Crippen LogP contribution in [0.2, 0.25) is 0 Å². The lowest BCUT2D eigenvalue weighted by Gasteiger charge is -2.28. The molecule has 0 aliphatic rings. The van der Waals surface area contributed by atoms with Crippen molar-refractivity contribution in [2.24, 2.45) is 0 Å². The summed E-state index contributed by atoms with van der Waals surface area (Å²) < 4.78 is 0. The summed E-state index contributed by atoms with van der Waals surface area (Å²) in [7, 11) is 0. The van der Waals surface area contributed by atoms with Crippen LogP contribution in [0.5, 0.6) is 5.75 Å². The molecule has 0 unspecified atom stereocenters. The van der Waals surface area contributed by atoms with E-state index in [4.69, 9.17) is 0 Å². The summed E-state index contributed by atoms with van der Waals surface area (Å²) in [5.74, 6) is 0.374. The molecular formula is C16H18O. The van der Waals surface area contributed by atoms with E-state index in [2.05, 4.69) is 26.0 Å². The third-order valence-corrected chi connectivity index (χ3v) is 3.37. The molecule has 0 saturated carbocycles. The molecule has 0 aromatic heterocycles. The minimum Gasteiger partial charge on any atom is -0.508 e. The Kier molecular flexibility index (Phi) is 2.93. The number of hydrogen-bond acceptors (Lipinski definition) is 1. The quantitative estimate of drug-likeness (QED) is 0.819. The van der Waals surface area contributed by atoms with Gasteiger partial charge in [-0.2, -0.15) is 0 Å². The van der Waals surface area contributed by atoms with Crippen molar-refractivity contribution in [1.29, 1.82) is 0 Å². The largest absolute Gasteiger partial charge is 0.508 e. The van der Waals surface area contributed by atoms with Crippen molar-refractivity contribution in [2.75, 3.05) is 0 Å². The Morgan fingerprint density at radius 2 is 1.53 bits per heavy atom. The van der Waals surface area contributed by atoms with Gasteiger partial charge < -0.3 is 5.11 Å². The average molecular weight is 226 g/mol. The Morgan fingerprint density at radius 3 is 2.12 bits per heavy atom. The van der Waals surface area contributed by atoms with E-state index in [0.29, 0.717) is 5.75 Å². The highest BCUT2D eigenvalue weighted by molar-refractivity contribution is 5.49.